The van der Waals surface area contributed by atoms with E-state index in [2.05, 4.69) is 0 Å². The molecule has 0 bridgehead atoms. The summed E-state index contributed by atoms with van der Waals surface area (Å²) >= 11 is 0. The lowest BCUT2D eigenvalue weighted by Gasteiger charge is -2.33. The fourth-order valence-corrected chi connectivity index (χ4v) is 1.09. The van der Waals surface area contributed by atoms with Crippen LogP contribution in [0.5, 0.6) is 0 Å². The van der Waals surface area contributed by atoms with Crippen LogP contribution in [0.2, 0.25) is 0 Å². The lowest BCUT2D eigenvalue weighted by molar-refractivity contribution is -0.143. The van der Waals surface area contributed by atoms with Gasteiger partial charge < -0.3 is 15.1 Å². The molecule has 12 heavy (non-hydrogen) atoms. The normalized spacial score (nSPS) is 28.6. The highest BCUT2D eigenvalue weighted by Gasteiger charge is 2.44. The van der Waals surface area contributed by atoms with Crippen LogP contribution in [-0.2, 0) is 0 Å². The van der Waals surface area contributed by atoms with Crippen molar-refractivity contribution in [1.29, 1.82) is 0 Å². The third-order valence-electron chi connectivity index (χ3n) is 1.83. The minimum atomic E-state index is -3.31. The summed E-state index contributed by atoms with van der Waals surface area (Å²) in [4.78, 5) is 10.9. The molecule has 0 aromatic carbocycles. The number of carbonyl (C=O) groups is 1. The van der Waals surface area contributed by atoms with Crippen LogP contribution in [0.25, 0.3) is 0 Å². The van der Waals surface area contributed by atoms with Gasteiger partial charge in [-0.3, -0.25) is 0 Å². The van der Waals surface area contributed by atoms with Gasteiger partial charge in [0.05, 0.1) is 6.54 Å². The third kappa shape index (κ3) is 1.63. The van der Waals surface area contributed by atoms with E-state index >= 15 is 0 Å². The number of amides is 1. The topological polar surface area (TPSA) is 60.8 Å². The summed E-state index contributed by atoms with van der Waals surface area (Å²) in [7, 11) is 0. The maximum Gasteiger partial charge on any atom is 0.407 e. The van der Waals surface area contributed by atoms with Gasteiger partial charge in [-0.2, -0.15) is 0 Å². The molecule has 6 heteroatoms. The van der Waals surface area contributed by atoms with Gasteiger partial charge in [0.15, 0.2) is 0 Å². The third-order valence-corrected chi connectivity index (χ3v) is 1.83. The van der Waals surface area contributed by atoms with Crippen molar-refractivity contribution in [3.8, 4) is 0 Å². The molecular formula is C6H9F2NO3. The molecule has 1 atom stereocenters. The highest BCUT2D eigenvalue weighted by atomic mass is 19.3. The van der Waals surface area contributed by atoms with Gasteiger partial charge in [-0.1, -0.05) is 0 Å². The van der Waals surface area contributed by atoms with Crippen LogP contribution in [0, 0.1) is 0 Å². The van der Waals surface area contributed by atoms with Gasteiger partial charge in [-0.25, -0.2) is 13.6 Å². The number of aliphatic hydroxyl groups is 1. The fraction of sp³-hybridized carbons (Fsp3) is 0.833. The number of hydrogen-bond acceptors (Lipinski definition) is 2. The number of nitrogens with zero attached hydrogens (tertiary/aromatic N) is 1. The van der Waals surface area contributed by atoms with E-state index in [0.717, 1.165) is 0 Å². The Labute approximate surface area is 67.4 Å². The van der Waals surface area contributed by atoms with Gasteiger partial charge in [0.2, 0.25) is 0 Å². The highest BCUT2D eigenvalue weighted by molar-refractivity contribution is 5.65. The Balaban J connectivity index is 2.63. The Morgan fingerprint density at radius 1 is 1.58 bits per heavy atom. The van der Waals surface area contributed by atoms with E-state index in [-0.39, 0.29) is 13.0 Å². The zero-order valence-electron chi connectivity index (χ0n) is 6.20. The Kier molecular flexibility index (Phi) is 2.18. The average Bonchev–Trinajstić information content (AvgIpc) is 1.94. The second-order valence-electron chi connectivity index (χ2n) is 2.77. The van der Waals surface area contributed by atoms with E-state index in [0.29, 0.717) is 4.90 Å². The molecule has 1 aliphatic rings. The lowest BCUT2D eigenvalue weighted by Crippen LogP contribution is -2.52. The Hall–Kier alpha value is -0.910. The van der Waals surface area contributed by atoms with Crippen molar-refractivity contribution in [3.63, 3.8) is 0 Å². The molecule has 0 aromatic rings. The molecule has 1 amide bonds. The predicted octanol–water partition coefficient (Wildman–Crippen LogP) is 0.366. The summed E-state index contributed by atoms with van der Waals surface area (Å²) in [5.41, 5.74) is 0. The van der Waals surface area contributed by atoms with Crippen LogP contribution in [0.1, 0.15) is 6.42 Å². The fourth-order valence-electron chi connectivity index (χ4n) is 1.09. The molecule has 1 aliphatic heterocycles. The Morgan fingerprint density at radius 2 is 2.17 bits per heavy atom. The summed E-state index contributed by atoms with van der Waals surface area (Å²) in [6.07, 6.45) is -3.30. The number of alkyl halides is 2. The predicted molar refractivity (Wildman–Crippen MR) is 35.2 cm³/mol. The molecule has 0 aliphatic carbocycles. The maximum atomic E-state index is 12.7. The molecule has 2 N–H and O–H groups in total. The molecule has 0 spiro atoms. The lowest BCUT2D eigenvalue weighted by atomic mass is 10.0. The summed E-state index contributed by atoms with van der Waals surface area (Å²) in [5, 5.41) is 17.1. The van der Waals surface area contributed by atoms with Gasteiger partial charge in [-0.15, -0.1) is 0 Å². The first-order valence-electron chi connectivity index (χ1n) is 3.47. The molecule has 0 aromatic heterocycles. The standard InChI is InChI=1S/C6H9F2NO3/c7-6(8)3-9(5(11)12)2-1-4(6)10/h4,10H,1-3H2,(H,11,12). The zero-order valence-corrected chi connectivity index (χ0v) is 6.20. The second kappa shape index (κ2) is 2.85. The van der Waals surface area contributed by atoms with Crippen molar-refractivity contribution in [2.24, 2.45) is 0 Å². The molecule has 1 saturated heterocycles. The maximum absolute atomic E-state index is 12.7. The number of rotatable bonds is 0. The number of carboxylic acid groups (broad SMARTS) is 1. The van der Waals surface area contributed by atoms with Gasteiger partial charge in [-0.05, 0) is 6.42 Å². The van der Waals surface area contributed by atoms with E-state index in [1.807, 2.05) is 0 Å². The van der Waals surface area contributed by atoms with E-state index in [1.165, 1.54) is 0 Å². The molecule has 1 heterocycles. The molecule has 1 rings (SSSR count). The quantitative estimate of drug-likeness (QED) is 0.567. The molecule has 1 unspecified atom stereocenters. The van der Waals surface area contributed by atoms with E-state index < -0.39 is 24.7 Å². The number of likely N-dealkylation sites (tertiary alicyclic amines) is 1. The summed E-state index contributed by atoms with van der Waals surface area (Å²) in [5.74, 6) is -3.31. The smallest absolute Gasteiger partial charge is 0.407 e. The van der Waals surface area contributed by atoms with Crippen molar-refractivity contribution in [2.75, 3.05) is 13.1 Å². The first kappa shape index (κ1) is 9.18. The monoisotopic (exact) mass is 181 g/mol. The van der Waals surface area contributed by atoms with E-state index in [9.17, 15) is 13.6 Å². The SMILES string of the molecule is O=C(O)N1CCC(O)C(F)(F)C1. The molecule has 0 saturated carbocycles. The van der Waals surface area contributed by atoms with Gasteiger partial charge in [0, 0.05) is 6.54 Å². The molecule has 0 radical (unpaired) electrons. The van der Waals surface area contributed by atoms with Crippen LogP contribution in [0.3, 0.4) is 0 Å². The minimum Gasteiger partial charge on any atom is -0.465 e. The summed E-state index contributed by atoms with van der Waals surface area (Å²) in [6.45, 7) is -0.949. The molecular weight excluding hydrogens is 172 g/mol. The van der Waals surface area contributed by atoms with Gasteiger partial charge >= 0.3 is 6.09 Å². The number of aliphatic hydroxyl groups excluding tert-OH is 1. The van der Waals surface area contributed by atoms with Crippen molar-refractivity contribution < 1.29 is 23.8 Å². The van der Waals surface area contributed by atoms with Crippen molar-refractivity contribution in [2.45, 2.75) is 18.4 Å². The van der Waals surface area contributed by atoms with Gasteiger partial charge in [0.25, 0.3) is 5.92 Å². The van der Waals surface area contributed by atoms with Crippen LogP contribution >= 0.6 is 0 Å². The first-order chi connectivity index (χ1) is 5.43. The number of piperidine rings is 1. The van der Waals surface area contributed by atoms with Crippen LogP contribution < -0.4 is 0 Å². The Bertz CT molecular complexity index is 197. The molecule has 1 fully saturated rings. The van der Waals surface area contributed by atoms with E-state index in [1.54, 1.807) is 0 Å². The number of halogens is 2. The average molecular weight is 181 g/mol. The minimum absolute atomic E-state index is 0.0356. The van der Waals surface area contributed by atoms with Crippen molar-refractivity contribution >= 4 is 6.09 Å². The first-order valence-corrected chi connectivity index (χ1v) is 3.47. The van der Waals surface area contributed by atoms with E-state index in [4.69, 9.17) is 10.2 Å². The highest BCUT2D eigenvalue weighted by Crippen LogP contribution is 2.26. The second-order valence-corrected chi connectivity index (χ2v) is 2.77. The summed E-state index contributed by atoms with van der Waals surface area (Å²) in [6, 6.07) is 0. The Morgan fingerprint density at radius 3 is 2.58 bits per heavy atom. The van der Waals surface area contributed by atoms with Crippen LogP contribution in [0.4, 0.5) is 13.6 Å². The number of hydrogen-bond donors (Lipinski definition) is 2. The van der Waals surface area contributed by atoms with Crippen molar-refractivity contribution in [1.82, 2.24) is 4.90 Å². The van der Waals surface area contributed by atoms with Crippen molar-refractivity contribution in [3.05, 3.63) is 0 Å². The zero-order chi connectivity index (χ0) is 9.35. The van der Waals surface area contributed by atoms with Crippen LogP contribution in [-0.4, -0.2) is 46.3 Å². The van der Waals surface area contributed by atoms with Gasteiger partial charge in [0.1, 0.15) is 6.10 Å². The molecule has 4 nitrogen and oxygen atoms in total. The molecule has 70 valence electrons. The van der Waals surface area contributed by atoms with Crippen LogP contribution in [0.15, 0.2) is 0 Å². The largest absolute Gasteiger partial charge is 0.465 e. The summed E-state index contributed by atoms with van der Waals surface area (Å²) < 4.78 is 25.3.